The number of ether oxygens (including phenoxy) is 1. The van der Waals surface area contributed by atoms with Crippen LogP contribution in [0.2, 0.25) is 0 Å². The number of nitrogens with zero attached hydrogens (tertiary/aromatic N) is 1. The van der Waals surface area contributed by atoms with Gasteiger partial charge in [-0.15, -0.1) is 0 Å². The summed E-state index contributed by atoms with van der Waals surface area (Å²) in [5, 5.41) is 1.81. The third-order valence-electron chi connectivity index (χ3n) is 1.95. The van der Waals surface area contributed by atoms with E-state index in [1.54, 1.807) is 0 Å². The SMILES string of the molecule is COC(=O)C1CON(C(C)C)C1. The highest BCUT2D eigenvalue weighted by molar-refractivity contribution is 5.72. The average Bonchev–Trinajstić information content (AvgIpc) is 2.51. The van der Waals surface area contributed by atoms with E-state index in [0.29, 0.717) is 19.2 Å². The van der Waals surface area contributed by atoms with Gasteiger partial charge in [0.15, 0.2) is 0 Å². The number of hydroxylamine groups is 2. The molecule has 1 aliphatic rings. The zero-order chi connectivity index (χ0) is 9.14. The van der Waals surface area contributed by atoms with Crippen molar-refractivity contribution in [1.29, 1.82) is 0 Å². The Balaban J connectivity index is 2.40. The molecule has 1 rings (SSSR count). The van der Waals surface area contributed by atoms with Crippen LogP contribution in [0.3, 0.4) is 0 Å². The molecule has 0 aromatic rings. The Bertz CT molecular complexity index is 170. The Morgan fingerprint density at radius 1 is 1.67 bits per heavy atom. The van der Waals surface area contributed by atoms with Crippen molar-refractivity contribution in [2.75, 3.05) is 20.3 Å². The zero-order valence-electron chi connectivity index (χ0n) is 7.74. The molecule has 4 heteroatoms. The summed E-state index contributed by atoms with van der Waals surface area (Å²) < 4.78 is 4.62. The van der Waals surface area contributed by atoms with Gasteiger partial charge in [0.1, 0.15) is 0 Å². The van der Waals surface area contributed by atoms with Gasteiger partial charge < -0.3 is 4.74 Å². The summed E-state index contributed by atoms with van der Waals surface area (Å²) in [7, 11) is 1.40. The molecule has 1 heterocycles. The Morgan fingerprint density at radius 3 is 2.75 bits per heavy atom. The number of hydrogen-bond donors (Lipinski definition) is 0. The number of esters is 1. The van der Waals surface area contributed by atoms with Crippen LogP contribution in [-0.4, -0.2) is 37.3 Å². The van der Waals surface area contributed by atoms with Crippen LogP contribution < -0.4 is 0 Å². The monoisotopic (exact) mass is 173 g/mol. The molecular formula is C8H15NO3. The summed E-state index contributed by atoms with van der Waals surface area (Å²) in [5.41, 5.74) is 0. The van der Waals surface area contributed by atoms with Crippen LogP contribution in [0.4, 0.5) is 0 Å². The van der Waals surface area contributed by atoms with Crippen molar-refractivity contribution in [2.45, 2.75) is 19.9 Å². The Kier molecular flexibility index (Phi) is 3.05. The van der Waals surface area contributed by atoms with Crippen molar-refractivity contribution in [2.24, 2.45) is 5.92 Å². The smallest absolute Gasteiger partial charge is 0.312 e. The van der Waals surface area contributed by atoms with Crippen molar-refractivity contribution in [3.05, 3.63) is 0 Å². The van der Waals surface area contributed by atoms with Gasteiger partial charge in [0, 0.05) is 12.6 Å². The Hall–Kier alpha value is -0.610. The number of carbonyl (C=O) groups is 1. The molecule has 0 bridgehead atoms. The zero-order valence-corrected chi connectivity index (χ0v) is 7.74. The standard InChI is InChI=1S/C8H15NO3/c1-6(2)9-4-7(5-12-9)8(10)11-3/h6-7H,4-5H2,1-3H3. The van der Waals surface area contributed by atoms with Crippen LogP contribution >= 0.6 is 0 Å². The van der Waals surface area contributed by atoms with Gasteiger partial charge in [-0.1, -0.05) is 0 Å². The number of carbonyl (C=O) groups excluding carboxylic acids is 1. The van der Waals surface area contributed by atoms with Gasteiger partial charge >= 0.3 is 5.97 Å². The van der Waals surface area contributed by atoms with Gasteiger partial charge in [0.05, 0.1) is 19.6 Å². The first-order valence-electron chi connectivity index (χ1n) is 4.12. The summed E-state index contributed by atoms with van der Waals surface area (Å²) >= 11 is 0. The number of rotatable bonds is 2. The second kappa shape index (κ2) is 3.87. The fourth-order valence-electron chi connectivity index (χ4n) is 1.18. The normalized spacial score (nSPS) is 24.8. The molecule has 0 saturated carbocycles. The van der Waals surface area contributed by atoms with Gasteiger partial charge in [-0.05, 0) is 13.8 Å². The average molecular weight is 173 g/mol. The molecule has 70 valence electrons. The van der Waals surface area contributed by atoms with E-state index < -0.39 is 0 Å². The molecular weight excluding hydrogens is 158 g/mol. The predicted molar refractivity (Wildman–Crippen MR) is 43.3 cm³/mol. The van der Waals surface area contributed by atoms with Crippen LogP contribution in [0, 0.1) is 5.92 Å². The first kappa shape index (κ1) is 9.48. The molecule has 0 N–H and O–H groups in total. The van der Waals surface area contributed by atoms with Crippen LogP contribution in [0.15, 0.2) is 0 Å². The topological polar surface area (TPSA) is 38.8 Å². The molecule has 0 spiro atoms. The summed E-state index contributed by atoms with van der Waals surface area (Å²) in [6.45, 7) is 5.15. The minimum atomic E-state index is -0.182. The maximum atomic E-state index is 11.1. The van der Waals surface area contributed by atoms with Gasteiger partial charge in [0.25, 0.3) is 0 Å². The lowest BCUT2D eigenvalue weighted by atomic mass is 10.2. The molecule has 1 unspecified atom stereocenters. The van der Waals surface area contributed by atoms with E-state index in [4.69, 9.17) is 4.84 Å². The molecule has 0 aromatic heterocycles. The van der Waals surface area contributed by atoms with E-state index in [2.05, 4.69) is 4.74 Å². The number of methoxy groups -OCH3 is 1. The highest BCUT2D eigenvalue weighted by Crippen LogP contribution is 2.15. The van der Waals surface area contributed by atoms with Crippen LogP contribution in [0.1, 0.15) is 13.8 Å². The fourth-order valence-corrected chi connectivity index (χ4v) is 1.18. The number of hydrogen-bond acceptors (Lipinski definition) is 4. The molecule has 0 amide bonds. The fraction of sp³-hybridized carbons (Fsp3) is 0.875. The van der Waals surface area contributed by atoms with Crippen molar-refractivity contribution in [3.63, 3.8) is 0 Å². The Labute approximate surface area is 72.4 Å². The lowest BCUT2D eigenvalue weighted by Gasteiger charge is -2.17. The second-order valence-electron chi connectivity index (χ2n) is 3.21. The van der Waals surface area contributed by atoms with E-state index >= 15 is 0 Å². The summed E-state index contributed by atoms with van der Waals surface area (Å²) in [5.74, 6) is -0.296. The van der Waals surface area contributed by atoms with Crippen LogP contribution in [0.5, 0.6) is 0 Å². The second-order valence-corrected chi connectivity index (χ2v) is 3.21. The molecule has 4 nitrogen and oxygen atoms in total. The molecule has 1 saturated heterocycles. The molecule has 0 aliphatic carbocycles. The highest BCUT2D eigenvalue weighted by atomic mass is 16.7. The van der Waals surface area contributed by atoms with E-state index in [-0.39, 0.29) is 11.9 Å². The van der Waals surface area contributed by atoms with Gasteiger partial charge in [-0.25, -0.2) is 0 Å². The first-order chi connectivity index (χ1) is 5.65. The van der Waals surface area contributed by atoms with E-state index in [1.165, 1.54) is 7.11 Å². The van der Waals surface area contributed by atoms with Crippen molar-refractivity contribution in [3.8, 4) is 0 Å². The maximum Gasteiger partial charge on any atom is 0.312 e. The third-order valence-corrected chi connectivity index (χ3v) is 1.95. The van der Waals surface area contributed by atoms with Crippen molar-refractivity contribution < 1.29 is 14.4 Å². The lowest BCUT2D eigenvalue weighted by Crippen LogP contribution is -2.28. The maximum absolute atomic E-state index is 11.1. The van der Waals surface area contributed by atoms with Crippen molar-refractivity contribution in [1.82, 2.24) is 5.06 Å². The highest BCUT2D eigenvalue weighted by Gasteiger charge is 2.31. The quantitative estimate of drug-likeness (QED) is 0.568. The van der Waals surface area contributed by atoms with Crippen molar-refractivity contribution >= 4 is 5.97 Å². The van der Waals surface area contributed by atoms with Gasteiger partial charge in [-0.3, -0.25) is 9.63 Å². The van der Waals surface area contributed by atoms with Crippen LogP contribution in [-0.2, 0) is 14.4 Å². The predicted octanol–water partition coefficient (Wildman–Crippen LogP) is 0.431. The molecule has 12 heavy (non-hydrogen) atoms. The lowest BCUT2D eigenvalue weighted by molar-refractivity contribution is -0.145. The summed E-state index contributed by atoms with van der Waals surface area (Å²) in [6, 6.07) is 0.319. The first-order valence-corrected chi connectivity index (χ1v) is 4.12. The Morgan fingerprint density at radius 2 is 2.33 bits per heavy atom. The summed E-state index contributed by atoms with van der Waals surface area (Å²) in [6.07, 6.45) is 0. The van der Waals surface area contributed by atoms with E-state index in [1.807, 2.05) is 18.9 Å². The molecule has 0 radical (unpaired) electrons. The van der Waals surface area contributed by atoms with Gasteiger partial charge in [0.2, 0.25) is 0 Å². The minimum absolute atomic E-state index is 0.114. The van der Waals surface area contributed by atoms with E-state index in [0.717, 1.165) is 0 Å². The van der Waals surface area contributed by atoms with Crippen LogP contribution in [0.25, 0.3) is 0 Å². The van der Waals surface area contributed by atoms with E-state index in [9.17, 15) is 4.79 Å². The summed E-state index contributed by atoms with van der Waals surface area (Å²) in [4.78, 5) is 16.3. The van der Waals surface area contributed by atoms with Gasteiger partial charge in [-0.2, -0.15) is 5.06 Å². The molecule has 0 aromatic carbocycles. The third kappa shape index (κ3) is 1.95. The molecule has 1 atom stereocenters. The molecule has 1 fully saturated rings. The minimum Gasteiger partial charge on any atom is -0.469 e. The molecule has 1 aliphatic heterocycles. The largest absolute Gasteiger partial charge is 0.469 e.